The van der Waals surface area contributed by atoms with Crippen LogP contribution in [0.5, 0.6) is 0 Å². The molecule has 3 heteroatoms. The molecule has 4 unspecified atom stereocenters. The van der Waals surface area contributed by atoms with E-state index in [1.54, 1.807) is 12.1 Å². The molecular weight excluding hydrogens is 305 g/mol. The molecule has 0 aliphatic heterocycles. The Kier molecular flexibility index (Phi) is 3.95. The molecule has 0 radical (unpaired) electrons. The lowest BCUT2D eigenvalue weighted by molar-refractivity contribution is 0.259. The third-order valence-corrected chi connectivity index (χ3v) is 5.69. The minimum absolute atomic E-state index is 0.174. The molecule has 0 amide bonds. The van der Waals surface area contributed by atoms with Gasteiger partial charge in [0.25, 0.3) is 0 Å². The van der Waals surface area contributed by atoms with Crippen molar-refractivity contribution >= 4 is 15.9 Å². The summed E-state index contributed by atoms with van der Waals surface area (Å²) in [5.74, 6) is 2.59. The van der Waals surface area contributed by atoms with Crippen LogP contribution in [-0.4, -0.2) is 6.04 Å². The number of fused-ring (bicyclic) bond motifs is 2. The third kappa shape index (κ3) is 2.87. The number of benzene rings is 1. The second-order valence-corrected chi connectivity index (χ2v) is 7.11. The molecule has 0 spiro atoms. The summed E-state index contributed by atoms with van der Waals surface area (Å²) in [6.07, 6.45) is 5.72. The van der Waals surface area contributed by atoms with E-state index in [0.29, 0.717) is 10.5 Å². The van der Waals surface area contributed by atoms with Crippen LogP contribution < -0.4 is 5.32 Å². The van der Waals surface area contributed by atoms with E-state index in [1.165, 1.54) is 25.7 Å². The third-order valence-electron chi connectivity index (χ3n) is 5.05. The first-order valence-electron chi connectivity index (χ1n) is 7.31. The summed E-state index contributed by atoms with van der Waals surface area (Å²) in [5, 5.41) is 3.59. The number of hydrogen-bond donors (Lipinski definition) is 1. The summed E-state index contributed by atoms with van der Waals surface area (Å²) in [7, 11) is 0. The molecule has 4 atom stereocenters. The van der Waals surface area contributed by atoms with Gasteiger partial charge in [0.15, 0.2) is 0 Å². The van der Waals surface area contributed by atoms with Crippen LogP contribution in [-0.2, 0) is 6.54 Å². The Hall–Kier alpha value is -0.410. The minimum Gasteiger partial charge on any atom is -0.310 e. The van der Waals surface area contributed by atoms with Crippen LogP contribution in [0.1, 0.15) is 38.2 Å². The first-order valence-corrected chi connectivity index (χ1v) is 8.10. The Labute approximate surface area is 123 Å². The van der Waals surface area contributed by atoms with Crippen molar-refractivity contribution in [1.29, 1.82) is 0 Å². The molecule has 2 aliphatic rings. The summed E-state index contributed by atoms with van der Waals surface area (Å²) in [6, 6.07) is 5.93. The zero-order valence-electron chi connectivity index (χ0n) is 11.3. The van der Waals surface area contributed by atoms with Gasteiger partial charge in [-0.15, -0.1) is 0 Å². The summed E-state index contributed by atoms with van der Waals surface area (Å²) in [6.45, 7) is 3.06. The quantitative estimate of drug-likeness (QED) is 0.859. The Morgan fingerprint density at radius 3 is 2.84 bits per heavy atom. The van der Waals surface area contributed by atoms with E-state index in [-0.39, 0.29) is 5.82 Å². The minimum atomic E-state index is -0.174. The number of halogens is 2. The molecule has 2 fully saturated rings. The summed E-state index contributed by atoms with van der Waals surface area (Å²) >= 11 is 3.19. The maximum atomic E-state index is 13.5. The van der Waals surface area contributed by atoms with Gasteiger partial charge in [-0.25, -0.2) is 4.39 Å². The maximum absolute atomic E-state index is 13.5. The van der Waals surface area contributed by atoms with E-state index in [2.05, 4.69) is 28.2 Å². The molecule has 0 aromatic heterocycles. The van der Waals surface area contributed by atoms with Gasteiger partial charge >= 0.3 is 0 Å². The molecule has 3 rings (SSSR count). The Bertz CT molecular complexity index is 462. The highest BCUT2D eigenvalue weighted by Crippen LogP contribution is 2.49. The second-order valence-electron chi connectivity index (χ2n) is 6.26. The summed E-state index contributed by atoms with van der Waals surface area (Å²) in [5.41, 5.74) is 1.02. The van der Waals surface area contributed by atoms with E-state index < -0.39 is 0 Å². The van der Waals surface area contributed by atoms with Gasteiger partial charge in [0.2, 0.25) is 0 Å². The van der Waals surface area contributed by atoms with Crippen molar-refractivity contribution in [2.75, 3.05) is 0 Å². The molecule has 1 N–H and O–H groups in total. The van der Waals surface area contributed by atoms with E-state index in [1.807, 2.05) is 6.07 Å². The molecule has 1 nitrogen and oxygen atoms in total. The average Bonchev–Trinajstić information content (AvgIpc) is 3.02. The first-order chi connectivity index (χ1) is 9.13. The van der Waals surface area contributed by atoms with Crippen LogP contribution in [0.25, 0.3) is 0 Å². The molecular formula is C16H21BrFN. The average molecular weight is 326 g/mol. The van der Waals surface area contributed by atoms with Crippen LogP contribution in [0, 0.1) is 23.6 Å². The SMILES string of the molecule is CC(NCc1ccc(Br)c(F)c1)C1CC2CCC1C2. The lowest BCUT2D eigenvalue weighted by Crippen LogP contribution is -2.35. The van der Waals surface area contributed by atoms with E-state index in [9.17, 15) is 4.39 Å². The fourth-order valence-corrected chi connectivity index (χ4v) is 4.23. The fourth-order valence-electron chi connectivity index (χ4n) is 3.99. The molecule has 0 heterocycles. The van der Waals surface area contributed by atoms with Gasteiger partial charge in [-0.05, 0) is 77.6 Å². The number of nitrogens with one attached hydrogen (secondary N) is 1. The van der Waals surface area contributed by atoms with Crippen molar-refractivity contribution < 1.29 is 4.39 Å². The Balaban J connectivity index is 1.55. The van der Waals surface area contributed by atoms with Gasteiger partial charge in [-0.2, -0.15) is 0 Å². The van der Waals surface area contributed by atoms with Gasteiger partial charge < -0.3 is 5.32 Å². The van der Waals surface area contributed by atoms with Crippen molar-refractivity contribution in [1.82, 2.24) is 5.32 Å². The number of rotatable bonds is 4. The lowest BCUT2D eigenvalue weighted by atomic mass is 9.84. The molecule has 2 bridgehead atoms. The van der Waals surface area contributed by atoms with Crippen LogP contribution in [0.15, 0.2) is 22.7 Å². The highest BCUT2D eigenvalue weighted by Gasteiger charge is 2.41. The number of hydrogen-bond acceptors (Lipinski definition) is 1. The Morgan fingerprint density at radius 1 is 1.37 bits per heavy atom. The smallest absolute Gasteiger partial charge is 0.137 e. The van der Waals surface area contributed by atoms with Gasteiger partial charge in [-0.3, -0.25) is 0 Å². The van der Waals surface area contributed by atoms with Crippen molar-refractivity contribution in [3.8, 4) is 0 Å². The standard InChI is InChI=1S/C16H21BrFN/c1-10(14-7-11-2-4-13(14)6-11)19-9-12-3-5-15(17)16(18)8-12/h3,5,8,10-11,13-14,19H,2,4,6-7,9H2,1H3. The topological polar surface area (TPSA) is 12.0 Å². The van der Waals surface area contributed by atoms with Gasteiger partial charge in [-0.1, -0.05) is 12.5 Å². The molecule has 1 aromatic carbocycles. The highest BCUT2D eigenvalue weighted by atomic mass is 79.9. The molecule has 0 saturated heterocycles. The summed E-state index contributed by atoms with van der Waals surface area (Å²) < 4.78 is 14.0. The van der Waals surface area contributed by atoms with Gasteiger partial charge in [0.05, 0.1) is 4.47 Å². The lowest BCUT2D eigenvalue weighted by Gasteiger charge is -2.28. The predicted molar refractivity (Wildman–Crippen MR) is 79.3 cm³/mol. The zero-order valence-corrected chi connectivity index (χ0v) is 12.9. The monoisotopic (exact) mass is 325 g/mol. The largest absolute Gasteiger partial charge is 0.310 e. The van der Waals surface area contributed by atoms with Crippen molar-refractivity contribution in [2.45, 2.75) is 45.2 Å². The maximum Gasteiger partial charge on any atom is 0.137 e. The molecule has 19 heavy (non-hydrogen) atoms. The summed E-state index contributed by atoms with van der Waals surface area (Å²) in [4.78, 5) is 0. The molecule has 2 aliphatic carbocycles. The van der Waals surface area contributed by atoms with Crippen molar-refractivity contribution in [3.05, 3.63) is 34.1 Å². The molecule has 104 valence electrons. The van der Waals surface area contributed by atoms with Crippen molar-refractivity contribution in [2.24, 2.45) is 17.8 Å². The van der Waals surface area contributed by atoms with Gasteiger partial charge in [0, 0.05) is 12.6 Å². The fraction of sp³-hybridized carbons (Fsp3) is 0.625. The highest BCUT2D eigenvalue weighted by molar-refractivity contribution is 9.10. The van der Waals surface area contributed by atoms with Gasteiger partial charge in [0.1, 0.15) is 5.82 Å². The molecule has 2 saturated carbocycles. The van der Waals surface area contributed by atoms with E-state index in [0.717, 1.165) is 29.9 Å². The van der Waals surface area contributed by atoms with E-state index in [4.69, 9.17) is 0 Å². The first kappa shape index (κ1) is 13.6. The van der Waals surface area contributed by atoms with Crippen LogP contribution in [0.2, 0.25) is 0 Å². The van der Waals surface area contributed by atoms with Crippen LogP contribution >= 0.6 is 15.9 Å². The normalized spacial score (nSPS) is 30.8. The van der Waals surface area contributed by atoms with Crippen molar-refractivity contribution in [3.63, 3.8) is 0 Å². The van der Waals surface area contributed by atoms with E-state index >= 15 is 0 Å². The second kappa shape index (κ2) is 5.53. The molecule has 1 aromatic rings. The van der Waals surface area contributed by atoms with Crippen LogP contribution in [0.3, 0.4) is 0 Å². The Morgan fingerprint density at radius 2 is 2.21 bits per heavy atom. The zero-order chi connectivity index (χ0) is 13.4. The predicted octanol–water partition coefficient (Wildman–Crippen LogP) is 4.50. The van der Waals surface area contributed by atoms with Crippen LogP contribution in [0.4, 0.5) is 4.39 Å².